The van der Waals surface area contributed by atoms with Crippen LogP contribution in [0.5, 0.6) is 0 Å². The summed E-state index contributed by atoms with van der Waals surface area (Å²) in [7, 11) is 0. The molecule has 25 heavy (non-hydrogen) atoms. The minimum Gasteiger partial charge on any atom is -0.480 e. The van der Waals surface area contributed by atoms with Gasteiger partial charge in [-0.25, -0.2) is 0 Å². The zero-order valence-corrected chi connectivity index (χ0v) is 14.3. The fourth-order valence-corrected chi connectivity index (χ4v) is 3.07. The van der Waals surface area contributed by atoms with Gasteiger partial charge in [0.1, 0.15) is 6.04 Å². The van der Waals surface area contributed by atoms with Crippen LogP contribution in [0.25, 0.3) is 11.1 Å². The van der Waals surface area contributed by atoms with E-state index in [0.717, 1.165) is 42.7 Å². The molecule has 1 aliphatic rings. The van der Waals surface area contributed by atoms with E-state index in [9.17, 15) is 4.79 Å². The van der Waals surface area contributed by atoms with Gasteiger partial charge in [-0.3, -0.25) is 9.69 Å². The first-order chi connectivity index (χ1) is 12.1. The number of hydrogen-bond donors (Lipinski definition) is 2. The summed E-state index contributed by atoms with van der Waals surface area (Å²) in [5.41, 5.74) is 10.1. The van der Waals surface area contributed by atoms with Crippen molar-refractivity contribution in [3.8, 4) is 11.1 Å². The molecular formula is C21H24N2O2. The maximum atomic E-state index is 10.8. The number of carboxylic acids is 1. The Labute approximate surface area is 148 Å². The van der Waals surface area contributed by atoms with Crippen molar-refractivity contribution >= 4 is 5.97 Å². The topological polar surface area (TPSA) is 66.6 Å². The molecule has 0 radical (unpaired) electrons. The van der Waals surface area contributed by atoms with Gasteiger partial charge in [-0.1, -0.05) is 60.7 Å². The number of carbonyl (C=O) groups is 1. The number of hydrogen-bond acceptors (Lipinski definition) is 3. The van der Waals surface area contributed by atoms with Crippen LogP contribution in [0.15, 0.2) is 60.7 Å². The molecule has 2 aromatic carbocycles. The summed E-state index contributed by atoms with van der Waals surface area (Å²) in [5.74, 6) is -0.969. The molecule has 1 aliphatic heterocycles. The van der Waals surface area contributed by atoms with Gasteiger partial charge in [0.15, 0.2) is 0 Å². The average molecular weight is 336 g/mol. The highest BCUT2D eigenvalue weighted by molar-refractivity contribution is 5.73. The van der Waals surface area contributed by atoms with Gasteiger partial charge in [0, 0.05) is 19.6 Å². The lowest BCUT2D eigenvalue weighted by molar-refractivity contribution is -0.138. The summed E-state index contributed by atoms with van der Waals surface area (Å²) < 4.78 is 0. The largest absolute Gasteiger partial charge is 0.480 e. The van der Waals surface area contributed by atoms with Gasteiger partial charge in [0.25, 0.3) is 0 Å². The van der Waals surface area contributed by atoms with Crippen molar-refractivity contribution < 1.29 is 9.90 Å². The predicted octanol–water partition coefficient (Wildman–Crippen LogP) is 3.07. The van der Waals surface area contributed by atoms with E-state index in [4.69, 9.17) is 10.8 Å². The van der Waals surface area contributed by atoms with Crippen LogP contribution in [-0.2, 0) is 17.8 Å². The Hall–Kier alpha value is -2.43. The number of benzene rings is 2. The lowest BCUT2D eigenvalue weighted by Gasteiger charge is -2.23. The molecule has 0 spiro atoms. The third-order valence-corrected chi connectivity index (χ3v) is 4.56. The van der Waals surface area contributed by atoms with Crippen LogP contribution in [0, 0.1) is 0 Å². The fourth-order valence-electron chi connectivity index (χ4n) is 3.07. The number of aliphatic carboxylic acids is 1. The molecule has 0 saturated heterocycles. The van der Waals surface area contributed by atoms with Crippen molar-refractivity contribution in [2.24, 2.45) is 5.73 Å². The van der Waals surface area contributed by atoms with E-state index >= 15 is 0 Å². The molecule has 4 heteroatoms. The first kappa shape index (κ1) is 17.4. The van der Waals surface area contributed by atoms with E-state index in [1.54, 1.807) is 0 Å². The second kappa shape index (κ2) is 8.10. The summed E-state index contributed by atoms with van der Waals surface area (Å²) in [5, 5.41) is 8.89. The molecule has 0 fully saturated rings. The first-order valence-electron chi connectivity index (χ1n) is 8.66. The number of rotatable bonds is 6. The van der Waals surface area contributed by atoms with Gasteiger partial charge in [0.05, 0.1) is 0 Å². The fraction of sp³-hybridized carbons (Fsp3) is 0.286. The van der Waals surface area contributed by atoms with Crippen molar-refractivity contribution in [2.75, 3.05) is 13.1 Å². The maximum Gasteiger partial charge on any atom is 0.320 e. The number of nitrogens with two attached hydrogens (primary N) is 1. The van der Waals surface area contributed by atoms with Crippen molar-refractivity contribution in [3.63, 3.8) is 0 Å². The molecule has 1 heterocycles. The Kier molecular flexibility index (Phi) is 5.64. The molecule has 130 valence electrons. The smallest absolute Gasteiger partial charge is 0.320 e. The molecule has 3 rings (SSSR count). The summed E-state index contributed by atoms with van der Waals surface area (Å²) >= 11 is 0. The third kappa shape index (κ3) is 4.78. The van der Waals surface area contributed by atoms with Gasteiger partial charge >= 0.3 is 5.97 Å². The third-order valence-electron chi connectivity index (χ3n) is 4.56. The molecule has 1 unspecified atom stereocenters. The van der Waals surface area contributed by atoms with E-state index in [2.05, 4.69) is 41.3 Å². The van der Waals surface area contributed by atoms with Gasteiger partial charge < -0.3 is 10.8 Å². The highest BCUT2D eigenvalue weighted by Gasteiger charge is 2.12. The summed E-state index contributed by atoms with van der Waals surface area (Å²) in [6.07, 6.45) is 5.96. The van der Waals surface area contributed by atoms with Gasteiger partial charge in [-0.2, -0.15) is 0 Å². The van der Waals surface area contributed by atoms with E-state index < -0.39 is 12.0 Å². The summed E-state index contributed by atoms with van der Waals surface area (Å²) in [6.45, 7) is 3.14. The number of nitrogens with zero attached hydrogens (tertiary/aromatic N) is 1. The predicted molar refractivity (Wildman–Crippen MR) is 100 cm³/mol. The second-order valence-corrected chi connectivity index (χ2v) is 6.54. The van der Waals surface area contributed by atoms with Crippen molar-refractivity contribution in [1.29, 1.82) is 0 Å². The summed E-state index contributed by atoms with van der Waals surface area (Å²) in [6, 6.07) is 15.8. The van der Waals surface area contributed by atoms with Crippen LogP contribution >= 0.6 is 0 Å². The quantitative estimate of drug-likeness (QED) is 0.796. The van der Waals surface area contributed by atoms with Gasteiger partial charge in [-0.05, 0) is 35.1 Å². The molecule has 1 atom stereocenters. The Morgan fingerprint density at radius 1 is 1.00 bits per heavy atom. The number of carboxylic acid groups (broad SMARTS) is 1. The molecule has 3 N–H and O–H groups in total. The zero-order valence-electron chi connectivity index (χ0n) is 14.3. The zero-order chi connectivity index (χ0) is 17.6. The van der Waals surface area contributed by atoms with Crippen LogP contribution in [0.2, 0.25) is 0 Å². The molecule has 0 amide bonds. The van der Waals surface area contributed by atoms with Crippen LogP contribution in [0.3, 0.4) is 0 Å². The van der Waals surface area contributed by atoms with Crippen LogP contribution in [-0.4, -0.2) is 35.1 Å². The average Bonchev–Trinajstić information content (AvgIpc) is 2.64. The van der Waals surface area contributed by atoms with Crippen molar-refractivity contribution in [1.82, 2.24) is 4.90 Å². The molecule has 0 aliphatic carbocycles. The van der Waals surface area contributed by atoms with E-state index in [-0.39, 0.29) is 0 Å². The van der Waals surface area contributed by atoms with Crippen LogP contribution < -0.4 is 5.73 Å². The van der Waals surface area contributed by atoms with Crippen molar-refractivity contribution in [3.05, 3.63) is 71.8 Å². The Balaban J connectivity index is 1.63. The van der Waals surface area contributed by atoms with Crippen LogP contribution in [0.1, 0.15) is 17.5 Å². The molecule has 4 nitrogen and oxygen atoms in total. The van der Waals surface area contributed by atoms with Crippen LogP contribution in [0.4, 0.5) is 0 Å². The molecule has 0 aromatic heterocycles. The van der Waals surface area contributed by atoms with E-state index in [1.165, 1.54) is 5.56 Å². The minimum absolute atomic E-state index is 0.346. The second-order valence-electron chi connectivity index (χ2n) is 6.54. The normalized spacial score (nSPS) is 15.9. The van der Waals surface area contributed by atoms with Gasteiger partial charge in [0.2, 0.25) is 0 Å². The highest BCUT2D eigenvalue weighted by Crippen LogP contribution is 2.21. The first-order valence-corrected chi connectivity index (χ1v) is 8.66. The Bertz CT molecular complexity index is 735. The van der Waals surface area contributed by atoms with E-state index in [0.29, 0.717) is 6.42 Å². The monoisotopic (exact) mass is 336 g/mol. The van der Waals surface area contributed by atoms with Crippen molar-refractivity contribution in [2.45, 2.75) is 25.4 Å². The molecule has 0 saturated carbocycles. The lowest BCUT2D eigenvalue weighted by atomic mass is 10.00. The Morgan fingerprint density at radius 2 is 1.60 bits per heavy atom. The Morgan fingerprint density at radius 3 is 2.12 bits per heavy atom. The molecule has 2 aromatic rings. The molecule has 0 bridgehead atoms. The standard InChI is InChI=1S/C21H24N2O2/c22-20(21(24)25)14-16-4-8-18(9-5-16)19-10-6-17(7-11-19)15-23-12-2-1-3-13-23/h1-2,4-11,20H,3,12-15,22H2,(H,24,25). The summed E-state index contributed by atoms with van der Waals surface area (Å²) in [4.78, 5) is 13.3. The lowest BCUT2D eigenvalue weighted by Crippen LogP contribution is -2.32. The minimum atomic E-state index is -0.969. The van der Waals surface area contributed by atoms with Gasteiger partial charge in [-0.15, -0.1) is 0 Å². The highest BCUT2D eigenvalue weighted by atomic mass is 16.4. The SMILES string of the molecule is NC(Cc1ccc(-c2ccc(CN3CC=CCC3)cc2)cc1)C(=O)O. The van der Waals surface area contributed by atoms with E-state index in [1.807, 2.05) is 24.3 Å². The molecular weight excluding hydrogens is 312 g/mol. The maximum absolute atomic E-state index is 10.8.